The van der Waals surface area contributed by atoms with Crippen LogP contribution >= 0.6 is 23.4 Å². The fourth-order valence-electron chi connectivity index (χ4n) is 3.91. The number of hydrogen-bond acceptors (Lipinski definition) is 4. The number of thioether (sulfide) groups is 1. The fraction of sp³-hybridized carbons (Fsp3) is 0.115. The number of hydrazone groups is 1. The monoisotopic (exact) mass is 457 g/mol. The van der Waals surface area contributed by atoms with Gasteiger partial charge in [0.25, 0.3) is 0 Å². The summed E-state index contributed by atoms with van der Waals surface area (Å²) < 4.78 is 0. The summed E-state index contributed by atoms with van der Waals surface area (Å²) >= 11 is 7.28. The zero-order valence-electron chi connectivity index (χ0n) is 17.4. The summed E-state index contributed by atoms with van der Waals surface area (Å²) in [5, 5.41) is 7.31. The van der Waals surface area contributed by atoms with Gasteiger partial charge in [0.2, 0.25) is 0 Å². The van der Waals surface area contributed by atoms with Gasteiger partial charge in [-0.25, -0.2) is 5.01 Å². The molecule has 4 nitrogen and oxygen atoms in total. The van der Waals surface area contributed by atoms with Crippen molar-refractivity contribution >= 4 is 46.2 Å². The normalized spacial score (nSPS) is 19.4. The van der Waals surface area contributed by atoms with Crippen LogP contribution in [0.1, 0.15) is 34.7 Å². The average Bonchev–Trinajstić information content (AvgIpc) is 3.40. The smallest absolute Gasteiger partial charge is 0.259 e. The van der Waals surface area contributed by atoms with Crippen molar-refractivity contribution < 1.29 is 4.79 Å². The second-order valence-corrected chi connectivity index (χ2v) is 9.13. The highest BCUT2D eigenvalue weighted by molar-refractivity contribution is 8.18. The van der Waals surface area contributed by atoms with Crippen molar-refractivity contribution in [3.05, 3.63) is 111 Å². The van der Waals surface area contributed by atoms with Crippen molar-refractivity contribution in [2.24, 2.45) is 10.1 Å². The lowest BCUT2D eigenvalue weighted by Crippen LogP contribution is -2.26. The maximum atomic E-state index is 12.4. The molecule has 1 unspecified atom stereocenters. The Bertz CT molecular complexity index is 1270. The van der Waals surface area contributed by atoms with E-state index in [1.165, 1.54) is 0 Å². The van der Waals surface area contributed by atoms with Gasteiger partial charge in [-0.3, -0.25) is 4.79 Å². The topological polar surface area (TPSA) is 45.0 Å². The molecule has 2 heterocycles. The summed E-state index contributed by atoms with van der Waals surface area (Å²) in [7, 11) is 0. The number of carbonyl (C=O) groups excluding carboxylic acids is 1. The van der Waals surface area contributed by atoms with Crippen LogP contribution in [0.15, 0.2) is 93.9 Å². The van der Waals surface area contributed by atoms with Gasteiger partial charge < -0.3 is 0 Å². The Morgan fingerprint density at radius 1 is 1.00 bits per heavy atom. The van der Waals surface area contributed by atoms with Crippen molar-refractivity contribution in [3.8, 4) is 0 Å². The number of amides is 1. The molecule has 0 bridgehead atoms. The van der Waals surface area contributed by atoms with E-state index in [2.05, 4.69) is 30.1 Å². The third kappa shape index (κ3) is 4.14. The SMILES string of the molecule is Cc1ccccc1/C=C1\SC(=O)N=C1N1N=C(c2ccccc2)CC1c1ccc(Cl)cc1. The van der Waals surface area contributed by atoms with Gasteiger partial charge in [0, 0.05) is 11.4 Å². The standard InChI is InChI=1S/C26H20ClN3OS/c1-17-7-5-6-10-20(17)15-24-25(28-26(31)32-24)30-23(19-11-13-21(27)14-12-19)16-22(29-30)18-8-3-2-4-9-18/h2-15,23H,16H2,1H3/b24-15-. The average molecular weight is 458 g/mol. The van der Waals surface area contributed by atoms with Gasteiger partial charge in [0.05, 0.1) is 16.7 Å². The first-order valence-electron chi connectivity index (χ1n) is 10.3. The summed E-state index contributed by atoms with van der Waals surface area (Å²) in [5.74, 6) is 0.592. The van der Waals surface area contributed by atoms with E-state index in [-0.39, 0.29) is 11.3 Å². The van der Waals surface area contributed by atoms with E-state index in [0.717, 1.165) is 44.6 Å². The predicted octanol–water partition coefficient (Wildman–Crippen LogP) is 7.11. The van der Waals surface area contributed by atoms with Crippen LogP contribution in [0.4, 0.5) is 4.79 Å². The lowest BCUT2D eigenvalue weighted by atomic mass is 9.98. The summed E-state index contributed by atoms with van der Waals surface area (Å²) in [4.78, 5) is 17.5. The number of hydrogen-bond donors (Lipinski definition) is 0. The molecule has 0 spiro atoms. The van der Waals surface area contributed by atoms with Crippen LogP contribution in [-0.4, -0.2) is 21.8 Å². The Kier molecular flexibility index (Phi) is 5.68. The van der Waals surface area contributed by atoms with Gasteiger partial charge in [0.1, 0.15) is 0 Å². The van der Waals surface area contributed by atoms with Crippen LogP contribution in [0.3, 0.4) is 0 Å². The van der Waals surface area contributed by atoms with E-state index in [9.17, 15) is 4.79 Å². The quantitative estimate of drug-likeness (QED) is 0.421. The van der Waals surface area contributed by atoms with Gasteiger partial charge in [-0.2, -0.15) is 10.1 Å². The van der Waals surface area contributed by atoms with Crippen LogP contribution < -0.4 is 0 Å². The summed E-state index contributed by atoms with van der Waals surface area (Å²) in [6.07, 6.45) is 2.74. The maximum absolute atomic E-state index is 12.4. The van der Waals surface area contributed by atoms with Crippen molar-refractivity contribution in [2.75, 3.05) is 0 Å². The number of benzene rings is 3. The number of carbonyl (C=O) groups is 1. The molecule has 6 heteroatoms. The predicted molar refractivity (Wildman–Crippen MR) is 133 cm³/mol. The first-order chi connectivity index (χ1) is 15.6. The van der Waals surface area contributed by atoms with Crippen LogP contribution in [0.2, 0.25) is 5.02 Å². The molecule has 1 amide bonds. The Labute approximate surface area is 196 Å². The first-order valence-corrected chi connectivity index (χ1v) is 11.5. The summed E-state index contributed by atoms with van der Waals surface area (Å²) in [5.41, 5.74) is 5.31. The molecular formula is C26H20ClN3OS. The van der Waals surface area contributed by atoms with Crippen LogP contribution in [0.25, 0.3) is 6.08 Å². The molecule has 0 saturated carbocycles. The second kappa shape index (κ2) is 8.77. The van der Waals surface area contributed by atoms with E-state index >= 15 is 0 Å². The molecule has 0 N–H and O–H groups in total. The number of amidine groups is 1. The van der Waals surface area contributed by atoms with Gasteiger partial charge in [-0.05, 0) is 59.1 Å². The molecule has 0 aromatic heterocycles. The van der Waals surface area contributed by atoms with Gasteiger partial charge in [-0.1, -0.05) is 78.3 Å². The lowest BCUT2D eigenvalue weighted by molar-refractivity contribution is 0.267. The highest BCUT2D eigenvalue weighted by atomic mass is 35.5. The Hall–Kier alpha value is -3.15. The Morgan fingerprint density at radius 2 is 1.72 bits per heavy atom. The maximum Gasteiger partial charge on any atom is 0.311 e. The van der Waals surface area contributed by atoms with Crippen LogP contribution in [0, 0.1) is 6.92 Å². The highest BCUT2D eigenvalue weighted by Crippen LogP contribution is 2.39. The van der Waals surface area contributed by atoms with E-state index in [4.69, 9.17) is 16.7 Å². The van der Waals surface area contributed by atoms with Crippen molar-refractivity contribution in [1.29, 1.82) is 0 Å². The number of rotatable bonds is 3. The van der Waals surface area contributed by atoms with Gasteiger partial charge in [-0.15, -0.1) is 0 Å². The highest BCUT2D eigenvalue weighted by Gasteiger charge is 2.36. The molecule has 0 saturated heterocycles. The molecule has 5 rings (SSSR count). The van der Waals surface area contributed by atoms with Crippen LogP contribution in [0.5, 0.6) is 0 Å². The molecule has 1 atom stereocenters. The fourth-order valence-corrected chi connectivity index (χ4v) is 4.77. The van der Waals surface area contributed by atoms with Crippen molar-refractivity contribution in [1.82, 2.24) is 5.01 Å². The summed E-state index contributed by atoms with van der Waals surface area (Å²) in [6.45, 7) is 2.06. The molecular weight excluding hydrogens is 438 g/mol. The molecule has 3 aromatic rings. The van der Waals surface area contributed by atoms with Gasteiger partial charge in [0.15, 0.2) is 5.84 Å². The van der Waals surface area contributed by atoms with E-state index in [1.54, 1.807) is 0 Å². The third-order valence-corrected chi connectivity index (χ3v) is 6.62. The molecule has 0 fully saturated rings. The van der Waals surface area contributed by atoms with E-state index in [0.29, 0.717) is 17.3 Å². The second-order valence-electron chi connectivity index (χ2n) is 7.70. The van der Waals surface area contributed by atoms with E-state index < -0.39 is 0 Å². The zero-order chi connectivity index (χ0) is 22.1. The molecule has 2 aliphatic heterocycles. The third-order valence-electron chi connectivity index (χ3n) is 5.58. The minimum atomic E-state index is -0.224. The van der Waals surface area contributed by atoms with Crippen molar-refractivity contribution in [3.63, 3.8) is 0 Å². The molecule has 0 radical (unpaired) electrons. The number of aryl methyl sites for hydroxylation is 1. The Morgan fingerprint density at radius 3 is 2.47 bits per heavy atom. The largest absolute Gasteiger partial charge is 0.311 e. The summed E-state index contributed by atoms with van der Waals surface area (Å²) in [6, 6.07) is 25.9. The lowest BCUT2D eigenvalue weighted by Gasteiger charge is -2.24. The number of halogens is 1. The molecule has 0 aliphatic carbocycles. The minimum Gasteiger partial charge on any atom is -0.259 e. The van der Waals surface area contributed by atoms with Crippen LogP contribution in [-0.2, 0) is 0 Å². The number of aliphatic imine (C=N–C) groups is 1. The minimum absolute atomic E-state index is 0.0759. The molecule has 2 aliphatic rings. The van der Waals surface area contributed by atoms with Gasteiger partial charge >= 0.3 is 5.24 Å². The van der Waals surface area contributed by atoms with Crippen molar-refractivity contribution in [2.45, 2.75) is 19.4 Å². The Balaban J connectivity index is 1.58. The molecule has 158 valence electrons. The number of nitrogens with zero attached hydrogens (tertiary/aromatic N) is 3. The molecule has 3 aromatic carbocycles. The zero-order valence-corrected chi connectivity index (χ0v) is 19.0. The first kappa shape index (κ1) is 20.7. The van der Waals surface area contributed by atoms with E-state index in [1.807, 2.05) is 71.7 Å². The molecule has 32 heavy (non-hydrogen) atoms.